The van der Waals surface area contributed by atoms with Crippen molar-refractivity contribution in [3.8, 4) is 0 Å². The van der Waals surface area contributed by atoms with Crippen LogP contribution in [0.5, 0.6) is 0 Å². The summed E-state index contributed by atoms with van der Waals surface area (Å²) in [5.41, 5.74) is 1.16. The maximum absolute atomic E-state index is 4.47. The predicted octanol–water partition coefficient (Wildman–Crippen LogP) is 3.19. The largest absolute Gasteiger partial charge is 0.321 e. The molecule has 2 rings (SSSR count). The van der Waals surface area contributed by atoms with Crippen LogP contribution in [-0.4, -0.2) is 19.1 Å². The third kappa shape index (κ3) is 2.65. The highest BCUT2D eigenvalue weighted by atomic mass is 32.1. The van der Waals surface area contributed by atoms with Crippen LogP contribution in [0.1, 0.15) is 17.8 Å². The molecule has 0 saturated heterocycles. The van der Waals surface area contributed by atoms with Crippen molar-refractivity contribution >= 4 is 22.2 Å². The van der Waals surface area contributed by atoms with Gasteiger partial charge in [-0.3, -0.25) is 0 Å². The van der Waals surface area contributed by atoms with Crippen LogP contribution in [-0.2, 0) is 0 Å². The molecule has 3 nitrogen and oxygen atoms in total. The van der Waals surface area contributed by atoms with Crippen LogP contribution >= 0.6 is 11.3 Å². The Morgan fingerprint density at radius 2 is 2.00 bits per heavy atom. The van der Waals surface area contributed by atoms with Crippen LogP contribution in [0.2, 0.25) is 0 Å². The summed E-state index contributed by atoms with van der Waals surface area (Å²) in [6, 6.07) is 10.6. The molecule has 0 saturated carbocycles. The van der Waals surface area contributed by atoms with Gasteiger partial charge in [0.15, 0.2) is 5.13 Å². The van der Waals surface area contributed by atoms with E-state index in [0.717, 1.165) is 10.8 Å². The van der Waals surface area contributed by atoms with E-state index in [1.165, 1.54) is 4.88 Å². The first kappa shape index (κ1) is 12.1. The van der Waals surface area contributed by atoms with Gasteiger partial charge in [0, 0.05) is 29.9 Å². The fraction of sp³-hybridized carbons (Fsp3) is 0.308. The minimum Gasteiger partial charge on any atom is -0.321 e. The molecule has 0 bridgehead atoms. The van der Waals surface area contributed by atoms with E-state index in [2.05, 4.69) is 34.3 Å². The number of nitrogens with one attached hydrogen (secondary N) is 1. The topological polar surface area (TPSA) is 28.2 Å². The standard InChI is InChI=1S/C13H17N3S/c1-10(14-2)12-9-15-13(17-12)16(3)11-7-5-4-6-8-11/h4-10,14H,1-3H3. The minimum atomic E-state index is 0.352. The zero-order valence-corrected chi connectivity index (χ0v) is 11.2. The maximum Gasteiger partial charge on any atom is 0.189 e. The molecular weight excluding hydrogens is 230 g/mol. The number of nitrogens with zero attached hydrogens (tertiary/aromatic N) is 2. The molecule has 0 aliphatic rings. The molecule has 4 heteroatoms. The second-order valence-corrected chi connectivity index (χ2v) is 4.99. The zero-order chi connectivity index (χ0) is 12.3. The molecule has 2 aromatic rings. The zero-order valence-electron chi connectivity index (χ0n) is 10.3. The van der Waals surface area contributed by atoms with E-state index < -0.39 is 0 Å². The van der Waals surface area contributed by atoms with Crippen molar-refractivity contribution in [1.82, 2.24) is 10.3 Å². The van der Waals surface area contributed by atoms with Crippen molar-refractivity contribution in [2.75, 3.05) is 19.0 Å². The second-order valence-electron chi connectivity index (χ2n) is 3.95. The third-order valence-corrected chi connectivity index (χ3v) is 4.06. The summed E-state index contributed by atoms with van der Waals surface area (Å²) in [4.78, 5) is 7.83. The molecule has 1 aromatic heterocycles. The van der Waals surface area contributed by atoms with Crippen molar-refractivity contribution in [3.63, 3.8) is 0 Å². The van der Waals surface area contributed by atoms with Crippen molar-refractivity contribution in [2.45, 2.75) is 13.0 Å². The Bertz CT molecular complexity index is 467. The van der Waals surface area contributed by atoms with Gasteiger partial charge in [-0.25, -0.2) is 4.98 Å². The van der Waals surface area contributed by atoms with Crippen molar-refractivity contribution in [3.05, 3.63) is 41.4 Å². The number of para-hydroxylation sites is 1. The lowest BCUT2D eigenvalue weighted by molar-refractivity contribution is 0.662. The van der Waals surface area contributed by atoms with E-state index >= 15 is 0 Å². The van der Waals surface area contributed by atoms with Crippen LogP contribution in [0, 0.1) is 0 Å². The van der Waals surface area contributed by atoms with Crippen LogP contribution in [0.4, 0.5) is 10.8 Å². The quantitative estimate of drug-likeness (QED) is 0.899. The highest BCUT2D eigenvalue weighted by Gasteiger charge is 2.11. The summed E-state index contributed by atoms with van der Waals surface area (Å²) in [5.74, 6) is 0. The molecule has 17 heavy (non-hydrogen) atoms. The summed E-state index contributed by atoms with van der Waals surface area (Å²) in [5, 5.41) is 4.25. The molecule has 0 radical (unpaired) electrons. The van der Waals surface area contributed by atoms with Crippen LogP contribution in [0.15, 0.2) is 36.5 Å². The van der Waals surface area contributed by atoms with Gasteiger partial charge >= 0.3 is 0 Å². The molecule has 0 fully saturated rings. The van der Waals surface area contributed by atoms with Crippen molar-refractivity contribution in [1.29, 1.82) is 0 Å². The number of anilines is 2. The second kappa shape index (κ2) is 5.29. The van der Waals surface area contributed by atoms with E-state index in [4.69, 9.17) is 0 Å². The molecule has 1 N–H and O–H groups in total. The van der Waals surface area contributed by atoms with Gasteiger partial charge in [-0.05, 0) is 26.1 Å². The predicted molar refractivity (Wildman–Crippen MR) is 74.1 cm³/mol. The molecule has 1 aromatic carbocycles. The number of thiazole rings is 1. The highest BCUT2D eigenvalue weighted by molar-refractivity contribution is 7.15. The molecule has 0 aliphatic carbocycles. The van der Waals surface area contributed by atoms with Crippen LogP contribution < -0.4 is 10.2 Å². The van der Waals surface area contributed by atoms with Crippen molar-refractivity contribution < 1.29 is 0 Å². The Morgan fingerprint density at radius 1 is 1.29 bits per heavy atom. The third-order valence-electron chi connectivity index (χ3n) is 2.80. The minimum absolute atomic E-state index is 0.352. The average Bonchev–Trinajstić information content (AvgIpc) is 2.87. The summed E-state index contributed by atoms with van der Waals surface area (Å²) >= 11 is 1.72. The summed E-state index contributed by atoms with van der Waals surface area (Å²) in [6.07, 6.45) is 1.95. The molecule has 1 heterocycles. The van der Waals surface area contributed by atoms with Gasteiger partial charge in [0.2, 0.25) is 0 Å². The molecular formula is C13H17N3S. The number of hydrogen-bond acceptors (Lipinski definition) is 4. The number of rotatable bonds is 4. The van der Waals surface area contributed by atoms with Gasteiger partial charge in [0.05, 0.1) is 0 Å². The Labute approximate surface area is 106 Å². The smallest absolute Gasteiger partial charge is 0.189 e. The van der Waals surface area contributed by atoms with E-state index in [9.17, 15) is 0 Å². The molecule has 90 valence electrons. The number of aromatic nitrogens is 1. The van der Waals surface area contributed by atoms with E-state index in [-0.39, 0.29) is 0 Å². The Hall–Kier alpha value is -1.39. The summed E-state index contributed by atoms with van der Waals surface area (Å²) in [7, 11) is 4.01. The van der Waals surface area contributed by atoms with Crippen molar-refractivity contribution in [2.24, 2.45) is 0 Å². The normalized spacial score (nSPS) is 12.4. The summed E-state index contributed by atoms with van der Waals surface area (Å²) < 4.78 is 0. The summed E-state index contributed by atoms with van der Waals surface area (Å²) in [6.45, 7) is 2.14. The lowest BCUT2D eigenvalue weighted by Gasteiger charge is -2.15. The van der Waals surface area contributed by atoms with E-state index in [1.54, 1.807) is 11.3 Å². The molecule has 0 spiro atoms. The Balaban J connectivity index is 2.20. The van der Waals surface area contributed by atoms with Gasteiger partial charge in [-0.2, -0.15) is 0 Å². The fourth-order valence-corrected chi connectivity index (χ4v) is 2.50. The number of benzene rings is 1. The van der Waals surface area contributed by atoms with E-state index in [1.807, 2.05) is 38.5 Å². The Kier molecular flexibility index (Phi) is 3.76. The highest BCUT2D eigenvalue weighted by Crippen LogP contribution is 2.30. The first-order valence-corrected chi connectivity index (χ1v) is 6.46. The van der Waals surface area contributed by atoms with Gasteiger partial charge in [-0.1, -0.05) is 29.5 Å². The first-order valence-electron chi connectivity index (χ1n) is 5.64. The maximum atomic E-state index is 4.47. The number of hydrogen-bond donors (Lipinski definition) is 1. The van der Waals surface area contributed by atoms with Gasteiger partial charge in [0.1, 0.15) is 0 Å². The van der Waals surface area contributed by atoms with Gasteiger partial charge in [0.25, 0.3) is 0 Å². The lowest BCUT2D eigenvalue weighted by Crippen LogP contribution is -2.10. The van der Waals surface area contributed by atoms with Gasteiger partial charge < -0.3 is 10.2 Å². The average molecular weight is 247 g/mol. The van der Waals surface area contributed by atoms with Gasteiger partial charge in [-0.15, -0.1) is 0 Å². The van der Waals surface area contributed by atoms with E-state index in [0.29, 0.717) is 6.04 Å². The molecule has 1 atom stereocenters. The molecule has 1 unspecified atom stereocenters. The fourth-order valence-electron chi connectivity index (χ4n) is 1.54. The first-order chi connectivity index (χ1) is 8.22. The SMILES string of the molecule is CNC(C)c1cnc(N(C)c2ccccc2)s1. The molecule has 0 amide bonds. The monoisotopic (exact) mass is 247 g/mol. The van der Waals surface area contributed by atoms with Crippen LogP contribution in [0.3, 0.4) is 0 Å². The Morgan fingerprint density at radius 3 is 2.65 bits per heavy atom. The molecule has 0 aliphatic heterocycles. The van der Waals surface area contributed by atoms with Crippen LogP contribution in [0.25, 0.3) is 0 Å². The lowest BCUT2D eigenvalue weighted by atomic mass is 10.3.